The number of fused-ring (bicyclic) bond motifs is 1. The Balaban J connectivity index is 0.000000750. The topological polar surface area (TPSA) is 12.0 Å². The van der Waals surface area contributed by atoms with Gasteiger partial charge in [-0.3, -0.25) is 0 Å². The second-order valence-electron chi connectivity index (χ2n) is 3.57. The van der Waals surface area contributed by atoms with Gasteiger partial charge in [-0.05, 0) is 34.5 Å². The van der Waals surface area contributed by atoms with Crippen molar-refractivity contribution in [3.8, 4) is 0 Å². The van der Waals surface area contributed by atoms with Crippen LogP contribution in [0.4, 0.5) is 0 Å². The van der Waals surface area contributed by atoms with Crippen LogP contribution in [0.15, 0.2) is 29.6 Å². The molecule has 0 unspecified atom stereocenters. The average Bonchev–Trinajstić information content (AvgIpc) is 2.47. The molecular weight excluding hydrogens is 214 g/mol. The number of hydrogen-bond acceptors (Lipinski definition) is 2. The lowest BCUT2D eigenvalue weighted by atomic mass is 9.93. The molecule has 0 radical (unpaired) electrons. The SMILES string of the molecule is Cl.c1cc2cc(C3CNC3)ccc2s1. The van der Waals surface area contributed by atoms with Gasteiger partial charge in [0.2, 0.25) is 0 Å². The summed E-state index contributed by atoms with van der Waals surface area (Å²) in [4.78, 5) is 0. The van der Waals surface area contributed by atoms with E-state index in [-0.39, 0.29) is 12.4 Å². The van der Waals surface area contributed by atoms with Crippen molar-refractivity contribution < 1.29 is 0 Å². The van der Waals surface area contributed by atoms with Gasteiger partial charge in [0.25, 0.3) is 0 Å². The standard InChI is InChI=1S/C11H11NS.ClH/c1-2-11-9(3-4-13-11)5-8(1)10-6-12-7-10;/h1-5,10,12H,6-7H2;1H. The summed E-state index contributed by atoms with van der Waals surface area (Å²) in [6, 6.07) is 9.05. The molecule has 0 bridgehead atoms. The first-order valence-electron chi connectivity index (χ1n) is 4.61. The maximum atomic E-state index is 3.30. The quantitative estimate of drug-likeness (QED) is 0.787. The van der Waals surface area contributed by atoms with Gasteiger partial charge >= 0.3 is 0 Å². The summed E-state index contributed by atoms with van der Waals surface area (Å²) in [7, 11) is 0. The highest BCUT2D eigenvalue weighted by molar-refractivity contribution is 7.17. The lowest BCUT2D eigenvalue weighted by molar-refractivity contribution is 0.449. The van der Waals surface area contributed by atoms with E-state index in [0.29, 0.717) is 0 Å². The molecule has 0 aliphatic carbocycles. The van der Waals surface area contributed by atoms with Crippen LogP contribution >= 0.6 is 23.7 Å². The summed E-state index contributed by atoms with van der Waals surface area (Å²) in [6.07, 6.45) is 0. The fourth-order valence-corrected chi connectivity index (χ4v) is 2.53. The molecule has 1 saturated heterocycles. The molecule has 1 N–H and O–H groups in total. The average molecular weight is 226 g/mol. The molecule has 74 valence electrons. The Morgan fingerprint density at radius 3 is 2.79 bits per heavy atom. The fourth-order valence-electron chi connectivity index (χ4n) is 1.76. The van der Waals surface area contributed by atoms with Gasteiger partial charge in [0, 0.05) is 23.7 Å². The van der Waals surface area contributed by atoms with Crippen molar-refractivity contribution in [1.29, 1.82) is 0 Å². The molecule has 2 aromatic rings. The van der Waals surface area contributed by atoms with Crippen molar-refractivity contribution in [2.45, 2.75) is 5.92 Å². The predicted octanol–water partition coefficient (Wildman–Crippen LogP) is 3.01. The number of nitrogens with one attached hydrogen (secondary N) is 1. The number of thiophene rings is 1. The molecule has 1 aliphatic rings. The van der Waals surface area contributed by atoms with Crippen LogP contribution in [0.1, 0.15) is 11.5 Å². The van der Waals surface area contributed by atoms with E-state index in [9.17, 15) is 0 Å². The Morgan fingerprint density at radius 1 is 1.21 bits per heavy atom. The van der Waals surface area contributed by atoms with Gasteiger partial charge in [-0.2, -0.15) is 0 Å². The summed E-state index contributed by atoms with van der Waals surface area (Å²) in [5, 5.41) is 6.86. The summed E-state index contributed by atoms with van der Waals surface area (Å²) < 4.78 is 1.40. The second-order valence-corrected chi connectivity index (χ2v) is 4.52. The Morgan fingerprint density at radius 2 is 2.07 bits per heavy atom. The van der Waals surface area contributed by atoms with E-state index in [1.54, 1.807) is 0 Å². The maximum absolute atomic E-state index is 3.30. The van der Waals surface area contributed by atoms with E-state index in [4.69, 9.17) is 0 Å². The van der Waals surface area contributed by atoms with E-state index in [1.165, 1.54) is 15.6 Å². The minimum Gasteiger partial charge on any atom is -0.315 e. The highest BCUT2D eigenvalue weighted by Gasteiger charge is 2.18. The molecule has 0 atom stereocenters. The van der Waals surface area contributed by atoms with Gasteiger partial charge in [0.05, 0.1) is 0 Å². The minimum atomic E-state index is 0. The summed E-state index contributed by atoms with van der Waals surface area (Å²) in [6.45, 7) is 2.30. The van der Waals surface area contributed by atoms with Crippen LogP contribution in [-0.4, -0.2) is 13.1 Å². The highest BCUT2D eigenvalue weighted by atomic mass is 35.5. The van der Waals surface area contributed by atoms with E-state index in [0.717, 1.165) is 19.0 Å². The van der Waals surface area contributed by atoms with Crippen molar-refractivity contribution in [1.82, 2.24) is 5.32 Å². The second kappa shape index (κ2) is 3.89. The Bertz CT molecular complexity index is 434. The number of halogens is 1. The first kappa shape index (κ1) is 9.97. The van der Waals surface area contributed by atoms with E-state index >= 15 is 0 Å². The lowest BCUT2D eigenvalue weighted by Gasteiger charge is -2.27. The summed E-state index contributed by atoms with van der Waals surface area (Å²) >= 11 is 1.82. The van der Waals surface area contributed by atoms with Gasteiger partial charge in [0.15, 0.2) is 0 Å². The van der Waals surface area contributed by atoms with E-state index < -0.39 is 0 Å². The summed E-state index contributed by atoms with van der Waals surface area (Å²) in [5.74, 6) is 0.754. The van der Waals surface area contributed by atoms with Crippen molar-refractivity contribution >= 4 is 33.8 Å². The molecule has 1 fully saturated rings. The molecule has 0 spiro atoms. The molecule has 3 heteroatoms. The molecular formula is C11H12ClNS. The third-order valence-corrected chi connectivity index (χ3v) is 3.63. The van der Waals surface area contributed by atoms with Gasteiger partial charge in [-0.25, -0.2) is 0 Å². The highest BCUT2D eigenvalue weighted by Crippen LogP contribution is 2.26. The smallest absolute Gasteiger partial charge is 0.0342 e. The molecule has 1 aliphatic heterocycles. The van der Waals surface area contributed by atoms with Crippen molar-refractivity contribution in [2.75, 3.05) is 13.1 Å². The zero-order chi connectivity index (χ0) is 8.67. The molecule has 0 amide bonds. The molecule has 0 saturated carbocycles. The van der Waals surface area contributed by atoms with Crippen molar-refractivity contribution in [2.24, 2.45) is 0 Å². The number of rotatable bonds is 1. The van der Waals surface area contributed by atoms with Gasteiger partial charge < -0.3 is 5.32 Å². The van der Waals surface area contributed by atoms with E-state index in [2.05, 4.69) is 35.0 Å². The van der Waals surface area contributed by atoms with Crippen LogP contribution in [0.5, 0.6) is 0 Å². The molecule has 1 nitrogen and oxygen atoms in total. The lowest BCUT2D eigenvalue weighted by Crippen LogP contribution is -2.39. The van der Waals surface area contributed by atoms with Gasteiger partial charge in [0.1, 0.15) is 0 Å². The number of benzene rings is 1. The molecule has 2 heterocycles. The van der Waals surface area contributed by atoms with Crippen LogP contribution in [0.2, 0.25) is 0 Å². The van der Waals surface area contributed by atoms with Crippen LogP contribution in [0, 0.1) is 0 Å². The normalized spacial score (nSPS) is 16.3. The van der Waals surface area contributed by atoms with Crippen LogP contribution in [0.3, 0.4) is 0 Å². The third kappa shape index (κ3) is 1.54. The third-order valence-electron chi connectivity index (χ3n) is 2.73. The Labute approximate surface area is 93.5 Å². The zero-order valence-electron chi connectivity index (χ0n) is 7.69. The maximum Gasteiger partial charge on any atom is 0.0342 e. The Kier molecular flexibility index (Phi) is 2.77. The minimum absolute atomic E-state index is 0. The first-order valence-corrected chi connectivity index (χ1v) is 5.49. The summed E-state index contributed by atoms with van der Waals surface area (Å²) in [5.41, 5.74) is 1.49. The van der Waals surface area contributed by atoms with Crippen LogP contribution in [0.25, 0.3) is 10.1 Å². The fraction of sp³-hybridized carbons (Fsp3) is 0.273. The first-order chi connectivity index (χ1) is 6.43. The van der Waals surface area contributed by atoms with Crippen molar-refractivity contribution in [3.63, 3.8) is 0 Å². The molecule has 3 rings (SSSR count). The van der Waals surface area contributed by atoms with E-state index in [1.807, 2.05) is 11.3 Å². The monoisotopic (exact) mass is 225 g/mol. The van der Waals surface area contributed by atoms with Crippen LogP contribution < -0.4 is 5.32 Å². The number of hydrogen-bond donors (Lipinski definition) is 1. The van der Waals surface area contributed by atoms with Gasteiger partial charge in [-0.1, -0.05) is 6.07 Å². The Hall–Kier alpha value is -0.570. The molecule has 1 aromatic heterocycles. The van der Waals surface area contributed by atoms with Crippen molar-refractivity contribution in [3.05, 3.63) is 35.2 Å². The predicted molar refractivity (Wildman–Crippen MR) is 64.7 cm³/mol. The molecule has 14 heavy (non-hydrogen) atoms. The largest absolute Gasteiger partial charge is 0.315 e. The van der Waals surface area contributed by atoms with Gasteiger partial charge in [-0.15, -0.1) is 23.7 Å². The van der Waals surface area contributed by atoms with Crippen LogP contribution in [-0.2, 0) is 0 Å². The zero-order valence-corrected chi connectivity index (χ0v) is 9.33. The molecule has 1 aromatic carbocycles.